The van der Waals surface area contributed by atoms with Crippen LogP contribution >= 0.6 is 0 Å². The van der Waals surface area contributed by atoms with Crippen molar-refractivity contribution in [2.75, 3.05) is 19.5 Å². The van der Waals surface area contributed by atoms with Crippen molar-refractivity contribution in [1.82, 2.24) is 4.98 Å². The predicted molar refractivity (Wildman–Crippen MR) is 110 cm³/mol. The van der Waals surface area contributed by atoms with Crippen LogP contribution in [-0.2, 0) is 9.53 Å². The van der Waals surface area contributed by atoms with Gasteiger partial charge in [0.05, 0.1) is 31.0 Å². The Hall–Kier alpha value is -3.61. The molecule has 0 aliphatic carbocycles. The lowest BCUT2D eigenvalue weighted by molar-refractivity contribution is -0.123. The Morgan fingerprint density at radius 1 is 0.966 bits per heavy atom. The molecule has 1 N–H and O–H groups in total. The number of nitrogens with zero attached hydrogens (tertiary/aromatic N) is 1. The number of hydrogen-bond donors (Lipinski definition) is 1. The maximum Gasteiger partial charge on any atom is 0.340 e. The van der Waals surface area contributed by atoms with Crippen molar-refractivity contribution in [3.05, 3.63) is 59.8 Å². The van der Waals surface area contributed by atoms with Gasteiger partial charge in [-0.25, -0.2) is 4.79 Å². The number of anilines is 1. The van der Waals surface area contributed by atoms with E-state index in [4.69, 9.17) is 14.2 Å². The number of rotatable bonds is 6. The maximum atomic E-state index is 12.6. The quantitative estimate of drug-likeness (QED) is 0.641. The largest absolute Gasteiger partial charge is 0.497 e. The van der Waals surface area contributed by atoms with Crippen LogP contribution in [0.5, 0.6) is 11.5 Å². The standard InChI is InChI=1S/C22H22N2O5/c1-13-19(11-15-5-8-18(28-4)12-20(15)23-13)22(26)29-14(2)21(25)24-16-6-9-17(27-3)10-7-16/h5-12,14H,1-4H3,(H,24,25). The molecule has 0 aliphatic heterocycles. The second kappa shape index (κ2) is 8.60. The van der Waals surface area contributed by atoms with Crippen LogP contribution in [0, 0.1) is 6.92 Å². The van der Waals surface area contributed by atoms with E-state index >= 15 is 0 Å². The van der Waals surface area contributed by atoms with Crippen molar-refractivity contribution in [2.24, 2.45) is 0 Å². The predicted octanol–water partition coefficient (Wildman–Crippen LogP) is 3.74. The number of aromatic nitrogens is 1. The molecule has 1 aromatic heterocycles. The first-order valence-electron chi connectivity index (χ1n) is 9.02. The lowest BCUT2D eigenvalue weighted by atomic mass is 10.1. The Kier molecular flexibility index (Phi) is 5.97. The fourth-order valence-corrected chi connectivity index (χ4v) is 2.77. The minimum absolute atomic E-state index is 0.312. The molecule has 0 saturated heterocycles. The Labute approximate surface area is 168 Å². The second-order valence-electron chi connectivity index (χ2n) is 6.45. The van der Waals surface area contributed by atoms with E-state index in [1.54, 1.807) is 63.6 Å². The number of carbonyl (C=O) groups excluding carboxylic acids is 2. The molecule has 0 radical (unpaired) electrons. The van der Waals surface area contributed by atoms with Gasteiger partial charge in [0.1, 0.15) is 11.5 Å². The molecular weight excluding hydrogens is 372 g/mol. The highest BCUT2D eigenvalue weighted by Crippen LogP contribution is 2.22. The number of hydrogen-bond acceptors (Lipinski definition) is 6. The lowest BCUT2D eigenvalue weighted by Gasteiger charge is -2.15. The highest BCUT2D eigenvalue weighted by atomic mass is 16.5. The van der Waals surface area contributed by atoms with Crippen LogP contribution in [0.25, 0.3) is 10.9 Å². The Bertz CT molecular complexity index is 1050. The summed E-state index contributed by atoms with van der Waals surface area (Å²) in [6.07, 6.45) is -0.976. The SMILES string of the molecule is COc1ccc(NC(=O)C(C)OC(=O)c2cc3ccc(OC)cc3nc2C)cc1. The highest BCUT2D eigenvalue weighted by molar-refractivity contribution is 5.99. The number of esters is 1. The van der Waals surface area contributed by atoms with Gasteiger partial charge in [0.2, 0.25) is 0 Å². The highest BCUT2D eigenvalue weighted by Gasteiger charge is 2.21. The van der Waals surface area contributed by atoms with Crippen molar-refractivity contribution < 1.29 is 23.8 Å². The molecular formula is C22H22N2O5. The summed E-state index contributed by atoms with van der Waals surface area (Å²) >= 11 is 0. The van der Waals surface area contributed by atoms with Gasteiger partial charge < -0.3 is 19.5 Å². The maximum absolute atomic E-state index is 12.6. The molecule has 0 bridgehead atoms. The van der Waals surface area contributed by atoms with Crippen LogP contribution < -0.4 is 14.8 Å². The van der Waals surface area contributed by atoms with Crippen molar-refractivity contribution >= 4 is 28.5 Å². The van der Waals surface area contributed by atoms with Crippen molar-refractivity contribution in [3.8, 4) is 11.5 Å². The Morgan fingerprint density at radius 3 is 2.28 bits per heavy atom. The molecule has 1 unspecified atom stereocenters. The fourth-order valence-electron chi connectivity index (χ4n) is 2.77. The van der Waals surface area contributed by atoms with Crippen molar-refractivity contribution in [3.63, 3.8) is 0 Å². The van der Waals surface area contributed by atoms with Gasteiger partial charge in [0, 0.05) is 17.1 Å². The van der Waals surface area contributed by atoms with Crippen LogP contribution in [-0.4, -0.2) is 37.2 Å². The van der Waals surface area contributed by atoms with E-state index in [2.05, 4.69) is 10.3 Å². The van der Waals surface area contributed by atoms with Gasteiger partial charge >= 0.3 is 5.97 Å². The summed E-state index contributed by atoms with van der Waals surface area (Å²) < 4.78 is 15.6. The number of ether oxygens (including phenoxy) is 3. The van der Waals surface area contributed by atoms with Crippen LogP contribution in [0.4, 0.5) is 5.69 Å². The van der Waals surface area contributed by atoms with Crippen LogP contribution in [0.2, 0.25) is 0 Å². The number of nitrogens with one attached hydrogen (secondary N) is 1. The molecule has 2 aromatic carbocycles. The third-order valence-corrected chi connectivity index (χ3v) is 4.45. The van der Waals surface area contributed by atoms with Crippen LogP contribution in [0.1, 0.15) is 23.0 Å². The monoisotopic (exact) mass is 394 g/mol. The zero-order valence-electron chi connectivity index (χ0n) is 16.7. The van der Waals surface area contributed by atoms with E-state index in [0.717, 1.165) is 5.39 Å². The summed E-state index contributed by atoms with van der Waals surface area (Å²) in [6.45, 7) is 3.24. The topological polar surface area (TPSA) is 86.8 Å². The molecule has 29 heavy (non-hydrogen) atoms. The minimum atomic E-state index is -0.976. The summed E-state index contributed by atoms with van der Waals surface area (Å²) in [5.41, 5.74) is 2.12. The molecule has 1 atom stereocenters. The van der Waals surface area contributed by atoms with Crippen molar-refractivity contribution in [1.29, 1.82) is 0 Å². The third kappa shape index (κ3) is 4.63. The molecule has 0 fully saturated rings. The molecule has 7 heteroatoms. The van der Waals surface area contributed by atoms with Gasteiger partial charge in [-0.2, -0.15) is 0 Å². The summed E-state index contributed by atoms with van der Waals surface area (Å²) in [5.74, 6) is 0.327. The molecule has 3 aromatic rings. The Morgan fingerprint density at radius 2 is 1.62 bits per heavy atom. The zero-order chi connectivity index (χ0) is 21.0. The number of aryl methyl sites for hydroxylation is 1. The minimum Gasteiger partial charge on any atom is -0.497 e. The molecule has 1 amide bonds. The van der Waals surface area contributed by atoms with Gasteiger partial charge in [-0.15, -0.1) is 0 Å². The second-order valence-corrected chi connectivity index (χ2v) is 6.45. The molecule has 150 valence electrons. The van der Waals surface area contributed by atoms with Gasteiger partial charge in [0.15, 0.2) is 6.10 Å². The number of amides is 1. The molecule has 0 saturated carbocycles. The molecule has 0 aliphatic rings. The lowest BCUT2D eigenvalue weighted by Crippen LogP contribution is -2.30. The van der Waals surface area contributed by atoms with Gasteiger partial charge in [-0.1, -0.05) is 0 Å². The molecule has 3 rings (SSSR count). The summed E-state index contributed by atoms with van der Waals surface area (Å²) in [4.78, 5) is 29.4. The summed E-state index contributed by atoms with van der Waals surface area (Å²) in [5, 5.41) is 3.48. The van der Waals surface area contributed by atoms with Crippen LogP contribution in [0.3, 0.4) is 0 Å². The van der Waals surface area contributed by atoms with E-state index in [0.29, 0.717) is 34.0 Å². The zero-order valence-corrected chi connectivity index (χ0v) is 16.7. The smallest absolute Gasteiger partial charge is 0.340 e. The first kappa shape index (κ1) is 20.1. The van der Waals surface area contributed by atoms with Gasteiger partial charge in [-0.05, 0) is 56.3 Å². The number of methoxy groups -OCH3 is 2. The average Bonchev–Trinajstić information content (AvgIpc) is 2.73. The average molecular weight is 394 g/mol. The first-order chi connectivity index (χ1) is 13.9. The van der Waals surface area contributed by atoms with E-state index in [9.17, 15) is 9.59 Å². The summed E-state index contributed by atoms with van der Waals surface area (Å²) in [6, 6.07) is 14.0. The van der Waals surface area contributed by atoms with E-state index in [1.807, 2.05) is 6.07 Å². The van der Waals surface area contributed by atoms with Crippen molar-refractivity contribution in [2.45, 2.75) is 20.0 Å². The third-order valence-electron chi connectivity index (χ3n) is 4.45. The number of carbonyl (C=O) groups is 2. The van der Waals surface area contributed by atoms with Gasteiger partial charge in [0.25, 0.3) is 5.91 Å². The van der Waals surface area contributed by atoms with Crippen LogP contribution in [0.15, 0.2) is 48.5 Å². The number of pyridine rings is 1. The van der Waals surface area contributed by atoms with E-state index < -0.39 is 18.0 Å². The Balaban J connectivity index is 1.71. The number of benzene rings is 2. The normalized spacial score (nSPS) is 11.6. The fraction of sp³-hybridized carbons (Fsp3) is 0.227. The molecule has 7 nitrogen and oxygen atoms in total. The van der Waals surface area contributed by atoms with Gasteiger partial charge in [-0.3, -0.25) is 9.78 Å². The first-order valence-corrected chi connectivity index (χ1v) is 9.02. The van der Waals surface area contributed by atoms with E-state index in [1.165, 1.54) is 6.92 Å². The molecule has 1 heterocycles. The van der Waals surface area contributed by atoms with E-state index in [-0.39, 0.29) is 0 Å². The molecule has 0 spiro atoms. The number of fused-ring (bicyclic) bond motifs is 1. The summed E-state index contributed by atoms with van der Waals surface area (Å²) in [7, 11) is 3.15.